The van der Waals surface area contributed by atoms with Crippen molar-refractivity contribution in [3.8, 4) is 0 Å². The summed E-state index contributed by atoms with van der Waals surface area (Å²) in [6.45, 7) is 0. The van der Waals surface area contributed by atoms with Crippen molar-refractivity contribution in [2.75, 3.05) is 0 Å². The van der Waals surface area contributed by atoms with Crippen LogP contribution in [0.1, 0.15) is 28.3 Å². The molecule has 1 N–H and O–H groups in total. The molecule has 154 valence electrons. The Kier molecular flexibility index (Phi) is 5.04. The number of hydrogen-bond acceptors (Lipinski definition) is 2. The van der Waals surface area contributed by atoms with E-state index < -0.39 is 16.1 Å². The lowest BCUT2D eigenvalue weighted by atomic mass is 9.92. The number of sulfonamides is 1. The predicted molar refractivity (Wildman–Crippen MR) is 130 cm³/mol. The largest absolute Gasteiger partial charge is 0.361 e. The summed E-state index contributed by atoms with van der Waals surface area (Å²) in [5.41, 5.74) is 4.68. The van der Waals surface area contributed by atoms with E-state index in [1.165, 1.54) is 9.71 Å². The molecule has 1 aliphatic heterocycles. The van der Waals surface area contributed by atoms with Crippen molar-refractivity contribution in [2.45, 2.75) is 6.04 Å². The van der Waals surface area contributed by atoms with Crippen molar-refractivity contribution in [1.82, 2.24) is 9.29 Å². The third kappa shape index (κ3) is 3.73. The Morgan fingerprint density at radius 2 is 1.74 bits per heavy atom. The van der Waals surface area contributed by atoms with Gasteiger partial charge in [0.25, 0.3) is 10.0 Å². The van der Waals surface area contributed by atoms with Crippen LogP contribution in [0.25, 0.3) is 23.1 Å². The van der Waals surface area contributed by atoms with Crippen molar-refractivity contribution in [1.29, 1.82) is 0 Å². The van der Waals surface area contributed by atoms with Crippen LogP contribution >= 0.6 is 15.9 Å². The third-order valence-corrected chi connectivity index (χ3v) is 7.33. The van der Waals surface area contributed by atoms with Crippen molar-refractivity contribution in [2.24, 2.45) is 0 Å². The van der Waals surface area contributed by atoms with E-state index in [2.05, 4.69) is 20.9 Å². The van der Waals surface area contributed by atoms with Crippen LogP contribution in [0.15, 0.2) is 95.1 Å². The normalized spacial score (nSPS) is 16.2. The van der Waals surface area contributed by atoms with E-state index in [0.717, 1.165) is 37.6 Å². The van der Waals surface area contributed by atoms with Gasteiger partial charge in [0.05, 0.1) is 11.4 Å². The Hall–Kier alpha value is -3.09. The van der Waals surface area contributed by atoms with E-state index in [4.69, 9.17) is 0 Å². The third-order valence-electron chi connectivity index (χ3n) is 5.44. The minimum atomic E-state index is -3.74. The van der Waals surface area contributed by atoms with Crippen LogP contribution in [0.3, 0.4) is 0 Å². The van der Waals surface area contributed by atoms with Gasteiger partial charge in [-0.2, -0.15) is 0 Å². The molecule has 0 amide bonds. The van der Waals surface area contributed by atoms with Gasteiger partial charge in [-0.15, -0.1) is 0 Å². The fraction of sp³-hybridized carbons (Fsp3) is 0.0400. The number of fused-ring (bicyclic) bond motifs is 2. The van der Waals surface area contributed by atoms with Gasteiger partial charge in [-0.3, -0.25) is 4.31 Å². The highest BCUT2D eigenvalue weighted by Gasteiger charge is 2.33. The zero-order valence-electron chi connectivity index (χ0n) is 16.4. The lowest BCUT2D eigenvalue weighted by molar-refractivity contribution is 0.456. The lowest BCUT2D eigenvalue weighted by Crippen LogP contribution is -2.31. The summed E-state index contributed by atoms with van der Waals surface area (Å²) in [6.07, 6.45) is 7.05. The first kappa shape index (κ1) is 19.8. The number of H-pyrrole nitrogens is 1. The Labute approximate surface area is 189 Å². The first-order valence-corrected chi connectivity index (χ1v) is 12.1. The van der Waals surface area contributed by atoms with Gasteiger partial charge in [-0.25, -0.2) is 8.42 Å². The molecule has 6 heteroatoms. The molecule has 0 saturated carbocycles. The molecule has 4 aromatic rings. The highest BCUT2D eigenvalue weighted by molar-refractivity contribution is 9.10. The SMILES string of the molecule is O=S(=O)(/C=C/c1cccc(Br)c1)N1C=Cc2ccccc2[C@H]1c1c[nH]c2ccccc12. The molecule has 0 saturated heterocycles. The van der Waals surface area contributed by atoms with Crippen molar-refractivity contribution >= 4 is 49.0 Å². The summed E-state index contributed by atoms with van der Waals surface area (Å²) in [5.74, 6) is 0. The summed E-state index contributed by atoms with van der Waals surface area (Å²) in [7, 11) is -3.74. The molecule has 31 heavy (non-hydrogen) atoms. The van der Waals surface area contributed by atoms with E-state index in [1.807, 2.05) is 85.1 Å². The number of halogens is 1. The molecular weight excluding hydrogens is 472 g/mol. The minimum Gasteiger partial charge on any atom is -0.361 e. The second-order valence-corrected chi connectivity index (χ2v) is 10.0. The van der Waals surface area contributed by atoms with E-state index in [1.54, 1.807) is 12.3 Å². The number of aromatic nitrogens is 1. The number of nitrogens with zero attached hydrogens (tertiary/aromatic N) is 1. The van der Waals surface area contributed by atoms with E-state index in [0.29, 0.717) is 0 Å². The van der Waals surface area contributed by atoms with Gasteiger partial charge in [-0.05, 0) is 47.0 Å². The maximum Gasteiger partial charge on any atom is 0.257 e. The molecule has 0 bridgehead atoms. The Bertz CT molecular complexity index is 1440. The van der Waals surface area contributed by atoms with Gasteiger partial charge in [0.1, 0.15) is 0 Å². The molecule has 0 radical (unpaired) electrons. The van der Waals surface area contributed by atoms with Crippen LogP contribution in [0.4, 0.5) is 0 Å². The van der Waals surface area contributed by atoms with Gasteiger partial charge in [0.2, 0.25) is 0 Å². The average Bonchev–Trinajstić information content (AvgIpc) is 3.21. The van der Waals surface area contributed by atoms with Crippen molar-refractivity contribution < 1.29 is 8.42 Å². The first-order chi connectivity index (χ1) is 15.0. The van der Waals surface area contributed by atoms with Gasteiger partial charge >= 0.3 is 0 Å². The summed E-state index contributed by atoms with van der Waals surface area (Å²) in [5, 5.41) is 2.28. The number of hydrogen-bond donors (Lipinski definition) is 1. The van der Waals surface area contributed by atoms with Crippen LogP contribution < -0.4 is 0 Å². The van der Waals surface area contributed by atoms with Crippen LogP contribution in [0, 0.1) is 0 Å². The smallest absolute Gasteiger partial charge is 0.257 e. The average molecular weight is 491 g/mol. The number of nitrogens with one attached hydrogen (secondary N) is 1. The highest BCUT2D eigenvalue weighted by Crippen LogP contribution is 2.40. The Balaban J connectivity index is 1.63. The summed E-state index contributed by atoms with van der Waals surface area (Å²) >= 11 is 3.43. The number of benzene rings is 3. The molecule has 5 rings (SSSR count). The molecule has 0 unspecified atom stereocenters. The van der Waals surface area contributed by atoms with E-state index >= 15 is 0 Å². The van der Waals surface area contributed by atoms with Crippen LogP contribution in [0.5, 0.6) is 0 Å². The van der Waals surface area contributed by atoms with Gasteiger partial charge < -0.3 is 4.98 Å². The second kappa shape index (κ2) is 7.87. The molecule has 0 aliphatic carbocycles. The van der Waals surface area contributed by atoms with Crippen LogP contribution in [0.2, 0.25) is 0 Å². The van der Waals surface area contributed by atoms with Crippen LogP contribution in [-0.2, 0) is 10.0 Å². The molecule has 3 aromatic carbocycles. The van der Waals surface area contributed by atoms with E-state index in [9.17, 15) is 8.42 Å². The zero-order valence-corrected chi connectivity index (χ0v) is 18.8. The highest BCUT2D eigenvalue weighted by atomic mass is 79.9. The van der Waals surface area contributed by atoms with E-state index in [-0.39, 0.29) is 0 Å². The molecule has 0 spiro atoms. The Morgan fingerprint density at radius 3 is 2.61 bits per heavy atom. The van der Waals surface area contributed by atoms with Crippen molar-refractivity contribution in [3.63, 3.8) is 0 Å². The number of aromatic amines is 1. The van der Waals surface area contributed by atoms with Gasteiger partial charge in [0.15, 0.2) is 0 Å². The zero-order chi connectivity index (χ0) is 21.4. The maximum atomic E-state index is 13.5. The second-order valence-electron chi connectivity index (χ2n) is 7.37. The maximum absolute atomic E-state index is 13.5. The topological polar surface area (TPSA) is 53.2 Å². The molecule has 0 fully saturated rings. The molecule has 1 aromatic heterocycles. The van der Waals surface area contributed by atoms with Crippen molar-refractivity contribution in [3.05, 3.63) is 117 Å². The van der Waals surface area contributed by atoms with Gasteiger partial charge in [0, 0.05) is 33.3 Å². The van der Waals surface area contributed by atoms with Gasteiger partial charge in [-0.1, -0.05) is 70.5 Å². The summed E-state index contributed by atoms with van der Waals surface area (Å²) in [4.78, 5) is 3.28. The quantitative estimate of drug-likeness (QED) is 0.364. The predicted octanol–water partition coefficient (Wildman–Crippen LogP) is 6.31. The molecule has 1 aliphatic rings. The molecular formula is C25H19BrN2O2S. The lowest BCUT2D eigenvalue weighted by Gasteiger charge is -2.33. The minimum absolute atomic E-state index is 0.463. The fourth-order valence-corrected chi connectivity index (χ4v) is 5.63. The number of para-hydroxylation sites is 1. The Morgan fingerprint density at radius 1 is 0.935 bits per heavy atom. The standard InChI is InChI=1S/C25H19BrN2O2S/c26-20-8-5-6-18(16-20)13-15-31(29,30)28-14-12-19-7-1-2-9-21(19)25(28)23-17-27-24-11-4-3-10-22(23)24/h1-17,25,27H/b15-13+/t25-/m0/s1. The molecule has 2 heterocycles. The monoisotopic (exact) mass is 490 g/mol. The number of rotatable bonds is 4. The fourth-order valence-electron chi connectivity index (χ4n) is 3.99. The molecule has 4 nitrogen and oxygen atoms in total. The summed E-state index contributed by atoms with van der Waals surface area (Å²) in [6, 6.07) is 22.9. The van der Waals surface area contributed by atoms with Crippen LogP contribution in [-0.4, -0.2) is 17.7 Å². The first-order valence-electron chi connectivity index (χ1n) is 9.83. The summed E-state index contributed by atoms with van der Waals surface area (Å²) < 4.78 is 29.3. The molecule has 1 atom stereocenters.